The molecule has 25 heavy (non-hydrogen) atoms. The zero-order valence-electron chi connectivity index (χ0n) is 15.3. The van der Waals surface area contributed by atoms with Gasteiger partial charge >= 0.3 is 12.0 Å². The number of carbonyl (C=O) groups is 1. The topological polar surface area (TPSA) is 54.5 Å². The second kappa shape index (κ2) is 7.64. The van der Waals surface area contributed by atoms with Crippen molar-refractivity contribution in [2.75, 3.05) is 19.7 Å². The molecule has 7 heteroatoms. The number of nitrogens with one attached hydrogen (secondary N) is 1. The monoisotopic (exact) mass is 355 g/mol. The van der Waals surface area contributed by atoms with Crippen LogP contribution in [0.25, 0.3) is 0 Å². The van der Waals surface area contributed by atoms with E-state index in [2.05, 4.69) is 10.3 Å². The van der Waals surface area contributed by atoms with Gasteiger partial charge in [-0.15, -0.1) is 0 Å². The summed E-state index contributed by atoms with van der Waals surface area (Å²) >= 11 is 0. The van der Waals surface area contributed by atoms with Crippen LogP contribution in [0, 0.1) is 6.92 Å². The van der Waals surface area contributed by atoms with Crippen LogP contribution in [0.1, 0.15) is 44.9 Å². The van der Waals surface area contributed by atoms with Crippen molar-refractivity contribution in [3.63, 3.8) is 0 Å². The van der Waals surface area contributed by atoms with Crippen molar-refractivity contribution in [3.8, 4) is 0 Å². The lowest BCUT2D eigenvalue weighted by Gasteiger charge is -2.42. The summed E-state index contributed by atoms with van der Waals surface area (Å²) < 4.78 is 33.6. The number of alkyl halides is 2. The molecule has 0 spiro atoms. The molecule has 1 aromatic heterocycles. The van der Waals surface area contributed by atoms with E-state index in [0.717, 1.165) is 31.5 Å². The number of aromatic nitrogens is 1. The highest BCUT2D eigenvalue weighted by Crippen LogP contribution is 2.29. The Kier molecular flexibility index (Phi) is 5.98. The van der Waals surface area contributed by atoms with Gasteiger partial charge in [-0.3, -0.25) is 4.98 Å². The van der Waals surface area contributed by atoms with Gasteiger partial charge in [0.15, 0.2) is 6.61 Å². The number of hydrogen-bond acceptors (Lipinski definition) is 4. The summed E-state index contributed by atoms with van der Waals surface area (Å²) in [5, 5.41) is 3.24. The Hall–Kier alpha value is -1.76. The van der Waals surface area contributed by atoms with Crippen LogP contribution in [-0.4, -0.2) is 47.3 Å². The first-order valence-electron chi connectivity index (χ1n) is 8.59. The van der Waals surface area contributed by atoms with Crippen LogP contribution in [0.4, 0.5) is 13.6 Å². The maximum Gasteiger partial charge on any atom is 0.410 e. The Morgan fingerprint density at radius 2 is 1.96 bits per heavy atom. The summed E-state index contributed by atoms with van der Waals surface area (Å²) in [6, 6.07) is 2.81. The van der Waals surface area contributed by atoms with Crippen LogP contribution in [0.15, 0.2) is 18.3 Å². The van der Waals surface area contributed by atoms with Gasteiger partial charge in [0, 0.05) is 17.8 Å². The predicted octanol–water partition coefficient (Wildman–Crippen LogP) is 3.47. The molecule has 2 heterocycles. The van der Waals surface area contributed by atoms with Crippen LogP contribution >= 0.6 is 0 Å². The van der Waals surface area contributed by atoms with E-state index in [9.17, 15) is 13.6 Å². The number of ether oxygens (including phenoxy) is 1. The standard InChI is InChI=1S/C18H27F2N3O2/c1-13-5-6-15(22-11-13)18(19,20)12-25-16(24)23(17(2,3)4)14-7-9-21-10-8-14/h5-6,11,14,21H,7-10,12H2,1-4H3. The Balaban J connectivity index is 2.06. The Bertz CT molecular complexity index is 579. The summed E-state index contributed by atoms with van der Waals surface area (Å²) in [6.07, 6.45) is 2.23. The zero-order valence-corrected chi connectivity index (χ0v) is 15.3. The molecular formula is C18H27F2N3O2. The summed E-state index contributed by atoms with van der Waals surface area (Å²) in [6.45, 7) is 8.01. The molecule has 0 atom stereocenters. The van der Waals surface area contributed by atoms with Gasteiger partial charge in [0.25, 0.3) is 0 Å². The van der Waals surface area contributed by atoms with Gasteiger partial charge in [0.1, 0.15) is 5.69 Å². The normalized spacial score (nSPS) is 16.6. The minimum atomic E-state index is -3.32. The number of hydrogen-bond donors (Lipinski definition) is 1. The van der Waals surface area contributed by atoms with Crippen LogP contribution in [0.2, 0.25) is 0 Å². The van der Waals surface area contributed by atoms with E-state index in [1.54, 1.807) is 17.9 Å². The zero-order chi connectivity index (χ0) is 18.7. The number of carbonyl (C=O) groups excluding carboxylic acids is 1. The highest BCUT2D eigenvalue weighted by atomic mass is 19.3. The maximum absolute atomic E-state index is 14.3. The summed E-state index contributed by atoms with van der Waals surface area (Å²) in [5.74, 6) is -3.32. The number of piperidine rings is 1. The highest BCUT2D eigenvalue weighted by Gasteiger charge is 2.39. The van der Waals surface area contributed by atoms with Crippen LogP contribution in [0.3, 0.4) is 0 Å². The van der Waals surface area contributed by atoms with Crippen molar-refractivity contribution in [1.82, 2.24) is 15.2 Å². The molecule has 1 fully saturated rings. The molecule has 0 bridgehead atoms. The fourth-order valence-electron chi connectivity index (χ4n) is 3.02. The van der Waals surface area contributed by atoms with Crippen molar-refractivity contribution in [2.45, 2.75) is 58.0 Å². The molecule has 0 unspecified atom stereocenters. The van der Waals surface area contributed by atoms with Gasteiger partial charge in [-0.2, -0.15) is 8.78 Å². The van der Waals surface area contributed by atoms with Crippen LogP contribution < -0.4 is 5.32 Å². The van der Waals surface area contributed by atoms with Gasteiger partial charge in [-0.05, 0) is 65.3 Å². The van der Waals surface area contributed by atoms with Gasteiger partial charge in [-0.25, -0.2) is 4.79 Å². The van der Waals surface area contributed by atoms with Crippen molar-refractivity contribution >= 4 is 6.09 Å². The molecule has 5 nitrogen and oxygen atoms in total. The molecule has 140 valence electrons. The van der Waals surface area contributed by atoms with Gasteiger partial charge < -0.3 is 15.0 Å². The number of aryl methyl sites for hydroxylation is 1. The van der Waals surface area contributed by atoms with E-state index < -0.39 is 29.9 Å². The second-order valence-corrected chi connectivity index (χ2v) is 7.50. The number of rotatable bonds is 4. The third kappa shape index (κ3) is 5.11. The largest absolute Gasteiger partial charge is 0.443 e. The number of nitrogens with zero attached hydrogens (tertiary/aromatic N) is 2. The minimum Gasteiger partial charge on any atom is -0.443 e. The average Bonchev–Trinajstić information content (AvgIpc) is 2.53. The van der Waals surface area contributed by atoms with Crippen LogP contribution in [-0.2, 0) is 10.7 Å². The first-order valence-corrected chi connectivity index (χ1v) is 8.59. The molecule has 1 aliphatic rings. The molecule has 1 aromatic rings. The Labute approximate surface area is 147 Å². The molecule has 0 saturated carbocycles. The summed E-state index contributed by atoms with van der Waals surface area (Å²) in [4.78, 5) is 17.9. The van der Waals surface area contributed by atoms with Gasteiger partial charge in [-0.1, -0.05) is 6.07 Å². The molecule has 1 aliphatic heterocycles. The van der Waals surface area contributed by atoms with E-state index in [-0.39, 0.29) is 6.04 Å². The molecule has 1 saturated heterocycles. The van der Waals surface area contributed by atoms with Crippen molar-refractivity contribution in [2.24, 2.45) is 0 Å². The van der Waals surface area contributed by atoms with E-state index >= 15 is 0 Å². The Morgan fingerprint density at radius 3 is 2.48 bits per heavy atom. The first-order chi connectivity index (χ1) is 11.6. The molecule has 0 aliphatic carbocycles. The average molecular weight is 355 g/mol. The molecule has 0 aromatic carbocycles. The predicted molar refractivity (Wildman–Crippen MR) is 91.7 cm³/mol. The van der Waals surface area contributed by atoms with E-state index in [1.807, 2.05) is 20.8 Å². The van der Waals surface area contributed by atoms with E-state index in [1.165, 1.54) is 12.3 Å². The lowest BCUT2D eigenvalue weighted by atomic mass is 9.98. The van der Waals surface area contributed by atoms with E-state index in [0.29, 0.717) is 0 Å². The summed E-state index contributed by atoms with van der Waals surface area (Å²) in [7, 11) is 0. The number of pyridine rings is 1. The summed E-state index contributed by atoms with van der Waals surface area (Å²) in [5.41, 5.74) is -0.104. The SMILES string of the molecule is Cc1ccc(C(F)(F)COC(=O)N(C2CCNCC2)C(C)(C)C)nc1. The number of amides is 1. The van der Waals surface area contributed by atoms with Crippen molar-refractivity contribution in [3.05, 3.63) is 29.6 Å². The van der Waals surface area contributed by atoms with Crippen LogP contribution in [0.5, 0.6) is 0 Å². The minimum absolute atomic E-state index is 0.0140. The van der Waals surface area contributed by atoms with Gasteiger partial charge in [0.05, 0.1) is 0 Å². The molecule has 0 radical (unpaired) electrons. The highest BCUT2D eigenvalue weighted by molar-refractivity contribution is 5.69. The fraction of sp³-hybridized carbons (Fsp3) is 0.667. The molecule has 2 rings (SSSR count). The third-order valence-electron chi connectivity index (χ3n) is 4.26. The third-order valence-corrected chi connectivity index (χ3v) is 4.26. The molecular weight excluding hydrogens is 328 g/mol. The van der Waals surface area contributed by atoms with Crippen molar-refractivity contribution < 1.29 is 18.3 Å². The fourth-order valence-corrected chi connectivity index (χ4v) is 3.02. The lowest BCUT2D eigenvalue weighted by Crippen LogP contribution is -2.55. The molecule has 1 N–H and O–H groups in total. The van der Waals surface area contributed by atoms with Crippen molar-refractivity contribution in [1.29, 1.82) is 0 Å². The van der Waals surface area contributed by atoms with Gasteiger partial charge in [0.2, 0.25) is 0 Å². The number of halogens is 2. The Morgan fingerprint density at radius 1 is 1.32 bits per heavy atom. The lowest BCUT2D eigenvalue weighted by molar-refractivity contribution is -0.0761. The quantitative estimate of drug-likeness (QED) is 0.899. The molecule has 1 amide bonds. The second-order valence-electron chi connectivity index (χ2n) is 7.50. The first kappa shape index (κ1) is 19.6. The smallest absolute Gasteiger partial charge is 0.410 e. The maximum atomic E-state index is 14.3. The van der Waals surface area contributed by atoms with E-state index in [4.69, 9.17) is 4.74 Å².